The number of aromatic hydroxyl groups is 1. The lowest BCUT2D eigenvalue weighted by molar-refractivity contribution is -0.148. The molecule has 1 fully saturated rings. The SMILES string of the molecule is O=C(Cc1ccc(O)cc1)NC1(C(=O)O)CCSCC1. The number of rotatable bonds is 4. The van der Waals surface area contributed by atoms with Crippen LogP contribution in [0.25, 0.3) is 0 Å². The first kappa shape index (κ1) is 14.7. The zero-order chi connectivity index (χ0) is 14.6. The van der Waals surface area contributed by atoms with Crippen LogP contribution in [0.3, 0.4) is 0 Å². The van der Waals surface area contributed by atoms with E-state index >= 15 is 0 Å². The second-order valence-electron chi connectivity index (χ2n) is 4.89. The lowest BCUT2D eigenvalue weighted by Crippen LogP contribution is -2.56. The Labute approximate surface area is 121 Å². The van der Waals surface area contributed by atoms with Crippen LogP contribution in [-0.2, 0) is 16.0 Å². The minimum Gasteiger partial charge on any atom is -0.508 e. The number of benzene rings is 1. The fraction of sp³-hybridized carbons (Fsp3) is 0.429. The summed E-state index contributed by atoms with van der Waals surface area (Å²) in [5.41, 5.74) is -0.384. The summed E-state index contributed by atoms with van der Waals surface area (Å²) in [6, 6.07) is 6.32. The molecule has 0 unspecified atom stereocenters. The Balaban J connectivity index is 2.01. The van der Waals surface area contributed by atoms with Crippen molar-refractivity contribution in [3.63, 3.8) is 0 Å². The van der Waals surface area contributed by atoms with Gasteiger partial charge < -0.3 is 15.5 Å². The molecule has 6 heteroatoms. The van der Waals surface area contributed by atoms with Gasteiger partial charge in [0.1, 0.15) is 11.3 Å². The molecule has 0 aromatic heterocycles. The molecule has 0 aliphatic carbocycles. The minimum atomic E-state index is -1.13. The molecule has 20 heavy (non-hydrogen) atoms. The number of thioether (sulfide) groups is 1. The van der Waals surface area contributed by atoms with Crippen molar-refractivity contribution < 1.29 is 19.8 Å². The first-order chi connectivity index (χ1) is 9.52. The molecule has 0 radical (unpaired) electrons. The maximum Gasteiger partial charge on any atom is 0.329 e. The largest absolute Gasteiger partial charge is 0.508 e. The molecule has 0 atom stereocenters. The molecule has 2 rings (SSSR count). The van der Waals surface area contributed by atoms with Gasteiger partial charge in [0.25, 0.3) is 0 Å². The number of phenolic OH excluding ortho intramolecular Hbond substituents is 1. The third kappa shape index (κ3) is 3.45. The van der Waals surface area contributed by atoms with Crippen molar-refractivity contribution >= 4 is 23.6 Å². The fourth-order valence-electron chi connectivity index (χ4n) is 2.22. The van der Waals surface area contributed by atoms with Crippen LogP contribution >= 0.6 is 11.8 Å². The molecule has 3 N–H and O–H groups in total. The Bertz CT molecular complexity index is 494. The number of hydrogen-bond acceptors (Lipinski definition) is 4. The number of carbonyl (C=O) groups excluding carboxylic acids is 1. The number of nitrogens with one attached hydrogen (secondary N) is 1. The van der Waals surface area contributed by atoms with E-state index < -0.39 is 11.5 Å². The van der Waals surface area contributed by atoms with Crippen molar-refractivity contribution in [2.75, 3.05) is 11.5 Å². The van der Waals surface area contributed by atoms with Crippen LogP contribution in [0.5, 0.6) is 5.75 Å². The van der Waals surface area contributed by atoms with Crippen LogP contribution in [0.1, 0.15) is 18.4 Å². The number of amides is 1. The molecule has 0 bridgehead atoms. The van der Waals surface area contributed by atoms with Crippen molar-refractivity contribution in [2.45, 2.75) is 24.8 Å². The number of carboxylic acid groups (broad SMARTS) is 1. The summed E-state index contributed by atoms with van der Waals surface area (Å²) in [4.78, 5) is 23.5. The molecular formula is C14H17NO4S. The normalized spacial score (nSPS) is 17.4. The zero-order valence-electron chi connectivity index (χ0n) is 11.0. The van der Waals surface area contributed by atoms with Gasteiger partial charge in [-0.05, 0) is 42.0 Å². The van der Waals surface area contributed by atoms with E-state index in [0.29, 0.717) is 12.8 Å². The Morgan fingerprint density at radius 3 is 2.35 bits per heavy atom. The van der Waals surface area contributed by atoms with Crippen LogP contribution in [-0.4, -0.2) is 39.1 Å². The predicted molar refractivity (Wildman–Crippen MR) is 76.9 cm³/mol. The minimum absolute atomic E-state index is 0.114. The van der Waals surface area contributed by atoms with Crippen molar-refractivity contribution in [1.82, 2.24) is 5.32 Å². The molecule has 1 amide bonds. The van der Waals surface area contributed by atoms with Crippen LogP contribution < -0.4 is 5.32 Å². The van der Waals surface area contributed by atoms with E-state index in [1.807, 2.05) is 0 Å². The molecule has 5 nitrogen and oxygen atoms in total. The second-order valence-corrected chi connectivity index (χ2v) is 6.12. The lowest BCUT2D eigenvalue weighted by Gasteiger charge is -2.33. The number of aliphatic carboxylic acids is 1. The van der Waals surface area contributed by atoms with E-state index in [2.05, 4.69) is 5.32 Å². The fourth-order valence-corrected chi connectivity index (χ4v) is 3.41. The van der Waals surface area contributed by atoms with Crippen LogP contribution in [0.2, 0.25) is 0 Å². The summed E-state index contributed by atoms with van der Waals surface area (Å²) in [6.07, 6.45) is 1.02. The average molecular weight is 295 g/mol. The summed E-state index contributed by atoms with van der Waals surface area (Å²) in [5, 5.41) is 21.2. The highest BCUT2D eigenvalue weighted by atomic mass is 32.2. The molecule has 1 saturated heterocycles. The molecule has 1 aromatic rings. The first-order valence-electron chi connectivity index (χ1n) is 6.42. The van der Waals surface area contributed by atoms with Crippen LogP contribution in [0, 0.1) is 0 Å². The molecular weight excluding hydrogens is 278 g/mol. The Morgan fingerprint density at radius 1 is 1.20 bits per heavy atom. The van der Waals surface area contributed by atoms with Gasteiger partial charge in [-0.25, -0.2) is 4.79 Å². The van der Waals surface area contributed by atoms with E-state index in [1.54, 1.807) is 23.9 Å². The molecule has 0 spiro atoms. The van der Waals surface area contributed by atoms with Gasteiger partial charge in [-0.15, -0.1) is 0 Å². The van der Waals surface area contributed by atoms with Crippen molar-refractivity contribution in [3.05, 3.63) is 29.8 Å². The number of carbonyl (C=O) groups is 2. The van der Waals surface area contributed by atoms with Crippen LogP contribution in [0.15, 0.2) is 24.3 Å². The molecule has 1 aliphatic heterocycles. The Hall–Kier alpha value is -1.69. The summed E-state index contributed by atoms with van der Waals surface area (Å²) in [6.45, 7) is 0. The highest BCUT2D eigenvalue weighted by molar-refractivity contribution is 7.99. The number of phenols is 1. The van der Waals surface area contributed by atoms with Gasteiger partial charge in [0, 0.05) is 0 Å². The smallest absolute Gasteiger partial charge is 0.329 e. The van der Waals surface area contributed by atoms with Gasteiger partial charge >= 0.3 is 5.97 Å². The predicted octanol–water partition coefficient (Wildman–Crippen LogP) is 1.40. The van der Waals surface area contributed by atoms with E-state index in [4.69, 9.17) is 0 Å². The van der Waals surface area contributed by atoms with E-state index in [-0.39, 0.29) is 18.1 Å². The van der Waals surface area contributed by atoms with Crippen molar-refractivity contribution in [3.8, 4) is 5.75 Å². The van der Waals surface area contributed by atoms with Gasteiger partial charge in [0.2, 0.25) is 5.91 Å². The molecule has 108 valence electrons. The van der Waals surface area contributed by atoms with Gasteiger partial charge in [-0.2, -0.15) is 11.8 Å². The summed E-state index contributed by atoms with van der Waals surface area (Å²) >= 11 is 1.70. The first-order valence-corrected chi connectivity index (χ1v) is 7.57. The maximum atomic E-state index is 12.0. The van der Waals surface area contributed by atoms with Crippen LogP contribution in [0.4, 0.5) is 0 Å². The third-order valence-corrected chi connectivity index (χ3v) is 4.42. The molecule has 1 aliphatic rings. The Kier molecular flexibility index (Phi) is 4.54. The topological polar surface area (TPSA) is 86.6 Å². The lowest BCUT2D eigenvalue weighted by atomic mass is 9.92. The monoisotopic (exact) mass is 295 g/mol. The van der Waals surface area contributed by atoms with Crippen molar-refractivity contribution in [2.24, 2.45) is 0 Å². The molecule has 1 heterocycles. The Morgan fingerprint density at radius 2 is 1.80 bits per heavy atom. The zero-order valence-corrected chi connectivity index (χ0v) is 11.8. The van der Waals surface area contributed by atoms with Gasteiger partial charge in [0.15, 0.2) is 0 Å². The standard InChI is InChI=1S/C14H17NO4S/c16-11-3-1-10(2-4-11)9-12(17)15-14(13(18)19)5-7-20-8-6-14/h1-4,16H,5-9H2,(H,15,17)(H,18,19). The number of carboxylic acids is 1. The second kappa shape index (κ2) is 6.17. The maximum absolute atomic E-state index is 12.0. The van der Waals surface area contributed by atoms with Gasteiger partial charge in [-0.1, -0.05) is 12.1 Å². The third-order valence-electron chi connectivity index (χ3n) is 3.44. The summed E-state index contributed by atoms with van der Waals surface area (Å²) in [7, 11) is 0. The average Bonchev–Trinajstić information content (AvgIpc) is 2.42. The molecule has 0 saturated carbocycles. The summed E-state index contributed by atoms with van der Waals surface area (Å²) in [5.74, 6) is 0.361. The van der Waals surface area contributed by atoms with E-state index in [1.165, 1.54) is 12.1 Å². The number of hydrogen-bond donors (Lipinski definition) is 3. The van der Waals surface area contributed by atoms with E-state index in [9.17, 15) is 19.8 Å². The van der Waals surface area contributed by atoms with Gasteiger partial charge in [-0.3, -0.25) is 4.79 Å². The van der Waals surface area contributed by atoms with E-state index in [0.717, 1.165) is 17.1 Å². The highest BCUT2D eigenvalue weighted by Crippen LogP contribution is 2.27. The van der Waals surface area contributed by atoms with Crippen molar-refractivity contribution in [1.29, 1.82) is 0 Å². The quantitative estimate of drug-likeness (QED) is 0.781. The van der Waals surface area contributed by atoms with Gasteiger partial charge in [0.05, 0.1) is 6.42 Å². The highest BCUT2D eigenvalue weighted by Gasteiger charge is 2.41. The summed E-state index contributed by atoms with van der Waals surface area (Å²) < 4.78 is 0. The molecule has 1 aromatic carbocycles.